The third-order valence-electron chi connectivity index (χ3n) is 2.42. The Morgan fingerprint density at radius 1 is 1.06 bits per heavy atom. The maximum atomic E-state index is 11.6. The largest absolute Gasteiger partial charge is 0.507 e. The van der Waals surface area contributed by atoms with Crippen molar-refractivity contribution >= 4 is 23.0 Å². The molecule has 4 heteroatoms. The Hall–Kier alpha value is -2.49. The summed E-state index contributed by atoms with van der Waals surface area (Å²) in [7, 11) is 0. The van der Waals surface area contributed by atoms with E-state index in [1.165, 1.54) is 6.08 Å². The van der Waals surface area contributed by atoms with Crippen LogP contribution in [0.5, 0.6) is 0 Å². The van der Waals surface area contributed by atoms with Gasteiger partial charge in [-0.2, -0.15) is 0 Å². The summed E-state index contributed by atoms with van der Waals surface area (Å²) in [6.07, 6.45) is 2.35. The SMILES string of the molecule is N=C1C(=O)C=C/C(=C(/O)c2ccccc2)C1=O. The summed E-state index contributed by atoms with van der Waals surface area (Å²) < 4.78 is 0. The smallest absolute Gasteiger partial charge is 0.218 e. The van der Waals surface area contributed by atoms with Gasteiger partial charge in [0.2, 0.25) is 11.6 Å². The Morgan fingerprint density at radius 2 is 1.71 bits per heavy atom. The topological polar surface area (TPSA) is 78.2 Å². The highest BCUT2D eigenvalue weighted by Crippen LogP contribution is 2.20. The minimum Gasteiger partial charge on any atom is -0.507 e. The monoisotopic (exact) mass is 227 g/mol. The number of allylic oxidation sites excluding steroid dienone is 3. The van der Waals surface area contributed by atoms with Crippen LogP contribution in [-0.4, -0.2) is 22.4 Å². The van der Waals surface area contributed by atoms with E-state index in [1.807, 2.05) is 0 Å². The van der Waals surface area contributed by atoms with E-state index in [4.69, 9.17) is 5.41 Å². The van der Waals surface area contributed by atoms with Crippen molar-refractivity contribution in [1.29, 1.82) is 5.41 Å². The van der Waals surface area contributed by atoms with Crippen LogP contribution in [0.3, 0.4) is 0 Å². The zero-order valence-corrected chi connectivity index (χ0v) is 8.81. The molecule has 0 unspecified atom stereocenters. The van der Waals surface area contributed by atoms with Crippen LogP contribution in [0.4, 0.5) is 0 Å². The standard InChI is InChI=1S/C13H9NO3/c14-11-10(15)7-6-9(13(11)17)12(16)8-4-2-1-3-5-8/h1-7,14,16H/b12-9-,14-11?. The molecule has 1 aromatic rings. The van der Waals surface area contributed by atoms with Gasteiger partial charge in [-0.05, 0) is 12.2 Å². The Labute approximate surface area is 97.4 Å². The number of hydrogen-bond donors (Lipinski definition) is 2. The van der Waals surface area contributed by atoms with Gasteiger partial charge in [0.15, 0.2) is 5.71 Å². The number of carbonyl (C=O) groups excluding carboxylic acids is 2. The molecule has 0 bridgehead atoms. The van der Waals surface area contributed by atoms with Crippen LogP contribution in [-0.2, 0) is 9.59 Å². The molecule has 0 radical (unpaired) electrons. The number of carbonyl (C=O) groups is 2. The number of hydrogen-bond acceptors (Lipinski definition) is 4. The fraction of sp³-hybridized carbons (Fsp3) is 0. The molecule has 84 valence electrons. The molecule has 0 saturated carbocycles. The van der Waals surface area contributed by atoms with Gasteiger partial charge in [0.25, 0.3) is 0 Å². The molecule has 17 heavy (non-hydrogen) atoms. The number of benzene rings is 1. The zero-order chi connectivity index (χ0) is 12.4. The number of rotatable bonds is 1. The fourth-order valence-electron chi connectivity index (χ4n) is 1.50. The summed E-state index contributed by atoms with van der Waals surface area (Å²) in [4.78, 5) is 22.7. The van der Waals surface area contributed by atoms with E-state index in [9.17, 15) is 14.7 Å². The van der Waals surface area contributed by atoms with Crippen LogP contribution < -0.4 is 0 Å². The molecule has 4 nitrogen and oxygen atoms in total. The molecule has 0 amide bonds. The first-order chi connectivity index (χ1) is 8.11. The van der Waals surface area contributed by atoms with Gasteiger partial charge in [-0.3, -0.25) is 15.0 Å². The second kappa shape index (κ2) is 4.17. The molecule has 1 aliphatic rings. The predicted octanol–water partition coefficient (Wildman–Crippen LogP) is 1.68. The van der Waals surface area contributed by atoms with Crippen LogP contribution in [0.2, 0.25) is 0 Å². The van der Waals surface area contributed by atoms with E-state index in [0.29, 0.717) is 5.56 Å². The van der Waals surface area contributed by atoms with Crippen LogP contribution in [0.1, 0.15) is 5.56 Å². The van der Waals surface area contributed by atoms with Gasteiger partial charge in [-0.15, -0.1) is 0 Å². The third kappa shape index (κ3) is 1.92. The summed E-state index contributed by atoms with van der Waals surface area (Å²) in [6.45, 7) is 0. The molecule has 1 aromatic carbocycles. The average Bonchev–Trinajstić information content (AvgIpc) is 2.36. The van der Waals surface area contributed by atoms with E-state index in [-0.39, 0.29) is 11.3 Å². The second-order valence-corrected chi connectivity index (χ2v) is 3.53. The van der Waals surface area contributed by atoms with Gasteiger partial charge >= 0.3 is 0 Å². The van der Waals surface area contributed by atoms with Gasteiger partial charge in [0.05, 0.1) is 5.57 Å². The maximum Gasteiger partial charge on any atom is 0.218 e. The first kappa shape index (κ1) is 11.0. The van der Waals surface area contributed by atoms with E-state index >= 15 is 0 Å². The van der Waals surface area contributed by atoms with Crippen LogP contribution in [0.25, 0.3) is 5.76 Å². The normalized spacial score (nSPS) is 18.5. The summed E-state index contributed by atoms with van der Waals surface area (Å²) in [5.41, 5.74) is -0.173. The van der Waals surface area contributed by atoms with Crippen molar-refractivity contribution in [2.75, 3.05) is 0 Å². The highest BCUT2D eigenvalue weighted by molar-refractivity contribution is 6.72. The molecular formula is C13H9NO3. The molecule has 0 atom stereocenters. The van der Waals surface area contributed by atoms with E-state index < -0.39 is 17.3 Å². The lowest BCUT2D eigenvalue weighted by atomic mass is 9.94. The van der Waals surface area contributed by atoms with Crippen LogP contribution in [0, 0.1) is 5.41 Å². The minimum atomic E-state index is -0.751. The molecule has 0 aromatic heterocycles. The van der Waals surface area contributed by atoms with E-state index in [1.54, 1.807) is 30.3 Å². The lowest BCUT2D eigenvalue weighted by Crippen LogP contribution is -2.26. The van der Waals surface area contributed by atoms with E-state index in [2.05, 4.69) is 0 Å². The lowest BCUT2D eigenvalue weighted by Gasteiger charge is -2.09. The first-order valence-electron chi connectivity index (χ1n) is 4.95. The summed E-state index contributed by atoms with van der Waals surface area (Å²) in [5, 5.41) is 17.2. The quantitative estimate of drug-likeness (QED) is 0.566. The Kier molecular flexibility index (Phi) is 2.70. The third-order valence-corrected chi connectivity index (χ3v) is 2.42. The van der Waals surface area contributed by atoms with Crippen molar-refractivity contribution in [2.24, 2.45) is 0 Å². The van der Waals surface area contributed by atoms with Crippen LogP contribution >= 0.6 is 0 Å². The zero-order valence-electron chi connectivity index (χ0n) is 8.81. The van der Waals surface area contributed by atoms with Crippen LogP contribution in [0.15, 0.2) is 48.1 Å². The first-order valence-corrected chi connectivity index (χ1v) is 4.95. The fourth-order valence-corrected chi connectivity index (χ4v) is 1.50. The van der Waals surface area contributed by atoms with Crippen molar-refractivity contribution in [2.45, 2.75) is 0 Å². The van der Waals surface area contributed by atoms with E-state index in [0.717, 1.165) is 6.08 Å². The van der Waals surface area contributed by atoms with Crippen molar-refractivity contribution in [1.82, 2.24) is 0 Å². The van der Waals surface area contributed by atoms with Crippen molar-refractivity contribution in [3.63, 3.8) is 0 Å². The molecular weight excluding hydrogens is 218 g/mol. The molecule has 1 aliphatic carbocycles. The lowest BCUT2D eigenvalue weighted by molar-refractivity contribution is -0.113. The average molecular weight is 227 g/mol. The molecule has 2 N–H and O–H groups in total. The predicted molar refractivity (Wildman–Crippen MR) is 62.9 cm³/mol. The van der Waals surface area contributed by atoms with Crippen molar-refractivity contribution < 1.29 is 14.7 Å². The molecule has 0 aliphatic heterocycles. The Bertz CT molecular complexity index is 568. The second-order valence-electron chi connectivity index (χ2n) is 3.53. The maximum absolute atomic E-state index is 11.6. The summed E-state index contributed by atoms with van der Waals surface area (Å²) in [5.74, 6) is -1.61. The van der Waals surface area contributed by atoms with Crippen molar-refractivity contribution in [3.8, 4) is 0 Å². The van der Waals surface area contributed by atoms with Gasteiger partial charge in [0, 0.05) is 5.56 Å². The van der Waals surface area contributed by atoms with Gasteiger partial charge in [0.1, 0.15) is 5.76 Å². The highest BCUT2D eigenvalue weighted by atomic mass is 16.3. The number of aliphatic hydroxyl groups is 1. The highest BCUT2D eigenvalue weighted by Gasteiger charge is 2.26. The van der Waals surface area contributed by atoms with Gasteiger partial charge in [-0.25, -0.2) is 0 Å². The molecule has 0 heterocycles. The molecule has 0 saturated heterocycles. The summed E-state index contributed by atoms with van der Waals surface area (Å²) >= 11 is 0. The number of ketones is 2. The molecule has 0 spiro atoms. The Balaban J connectivity index is 2.53. The molecule has 2 rings (SSSR count). The number of Topliss-reactive ketones (excluding diaryl/α,β-unsaturated/α-hetero) is 1. The molecule has 0 fully saturated rings. The number of nitrogens with one attached hydrogen (secondary N) is 1. The van der Waals surface area contributed by atoms with Gasteiger partial charge < -0.3 is 5.11 Å². The van der Waals surface area contributed by atoms with Gasteiger partial charge in [-0.1, -0.05) is 30.3 Å². The Morgan fingerprint density at radius 3 is 2.35 bits per heavy atom. The number of aliphatic hydroxyl groups excluding tert-OH is 1. The minimum absolute atomic E-state index is 0.0270. The summed E-state index contributed by atoms with van der Waals surface area (Å²) in [6, 6.07) is 8.51. The van der Waals surface area contributed by atoms with Crippen molar-refractivity contribution in [3.05, 3.63) is 53.6 Å².